The normalized spacial score (nSPS) is 10.1. The van der Waals surface area contributed by atoms with Gasteiger partial charge in [-0.25, -0.2) is 14.4 Å². The van der Waals surface area contributed by atoms with Crippen molar-refractivity contribution < 1.29 is 9.18 Å². The van der Waals surface area contributed by atoms with Crippen LogP contribution in [0.3, 0.4) is 0 Å². The zero-order valence-electron chi connectivity index (χ0n) is 9.95. The molecule has 0 aliphatic heterocycles. The number of carbonyl (C=O) groups is 1. The summed E-state index contributed by atoms with van der Waals surface area (Å²) in [5.74, 6) is -1.02. The highest BCUT2D eigenvalue weighted by molar-refractivity contribution is 6.30. The van der Waals surface area contributed by atoms with E-state index in [9.17, 15) is 9.18 Å². The molecular weight excluding hydrogens is 271 g/mol. The van der Waals surface area contributed by atoms with Crippen LogP contribution in [0, 0.1) is 5.82 Å². The Morgan fingerprint density at radius 1 is 1.32 bits per heavy atom. The van der Waals surface area contributed by atoms with E-state index >= 15 is 0 Å². The van der Waals surface area contributed by atoms with E-state index in [2.05, 4.69) is 20.6 Å². The summed E-state index contributed by atoms with van der Waals surface area (Å²) in [7, 11) is 1.52. The molecule has 7 heteroatoms. The summed E-state index contributed by atoms with van der Waals surface area (Å²) < 4.78 is 13.9. The van der Waals surface area contributed by atoms with Crippen LogP contribution in [0.15, 0.2) is 30.6 Å². The Morgan fingerprint density at radius 3 is 2.74 bits per heavy atom. The summed E-state index contributed by atoms with van der Waals surface area (Å²) >= 11 is 5.68. The number of carbonyl (C=O) groups excluding carboxylic acids is 1. The third-order valence-corrected chi connectivity index (χ3v) is 2.56. The second-order valence-corrected chi connectivity index (χ2v) is 4.02. The lowest BCUT2D eigenvalue weighted by Gasteiger charge is -2.07. The molecule has 0 atom stereocenters. The van der Waals surface area contributed by atoms with E-state index in [4.69, 9.17) is 11.6 Å². The number of amides is 1. The molecule has 19 heavy (non-hydrogen) atoms. The van der Waals surface area contributed by atoms with Gasteiger partial charge in [-0.3, -0.25) is 4.79 Å². The SMILES string of the molecule is CNc1nccc(C(=O)Nc2ccc(Cl)cn2)c1F. The molecule has 5 nitrogen and oxygen atoms in total. The minimum Gasteiger partial charge on any atom is -0.371 e. The Morgan fingerprint density at radius 2 is 2.11 bits per heavy atom. The number of rotatable bonds is 3. The fourth-order valence-electron chi connectivity index (χ4n) is 1.43. The molecule has 2 heterocycles. The van der Waals surface area contributed by atoms with E-state index in [1.54, 1.807) is 6.07 Å². The number of anilines is 2. The zero-order valence-corrected chi connectivity index (χ0v) is 10.7. The van der Waals surface area contributed by atoms with Crippen molar-refractivity contribution in [3.05, 3.63) is 47.0 Å². The lowest BCUT2D eigenvalue weighted by Crippen LogP contribution is -2.15. The summed E-state index contributed by atoms with van der Waals surface area (Å²) in [4.78, 5) is 19.6. The first-order valence-electron chi connectivity index (χ1n) is 5.37. The van der Waals surface area contributed by atoms with Gasteiger partial charge in [0.15, 0.2) is 11.6 Å². The van der Waals surface area contributed by atoms with Crippen LogP contribution in [-0.2, 0) is 0 Å². The van der Waals surface area contributed by atoms with Gasteiger partial charge in [0.25, 0.3) is 5.91 Å². The van der Waals surface area contributed by atoms with Gasteiger partial charge < -0.3 is 10.6 Å². The molecule has 0 bridgehead atoms. The van der Waals surface area contributed by atoms with Crippen molar-refractivity contribution in [2.75, 3.05) is 17.7 Å². The highest BCUT2D eigenvalue weighted by atomic mass is 35.5. The monoisotopic (exact) mass is 280 g/mol. The Kier molecular flexibility index (Phi) is 3.91. The molecule has 0 saturated heterocycles. The molecule has 2 rings (SSSR count). The molecule has 98 valence electrons. The standard InChI is InChI=1S/C12H10ClFN4O/c1-15-11-10(14)8(4-5-16-11)12(19)18-9-3-2-7(13)6-17-9/h2-6H,1H3,(H,15,16)(H,17,18,19). The molecule has 2 aromatic heterocycles. The van der Waals surface area contributed by atoms with E-state index in [0.29, 0.717) is 5.02 Å². The summed E-state index contributed by atoms with van der Waals surface area (Å²) in [6, 6.07) is 4.39. The van der Waals surface area contributed by atoms with Crippen LogP contribution in [-0.4, -0.2) is 22.9 Å². The first-order chi connectivity index (χ1) is 9.11. The van der Waals surface area contributed by atoms with E-state index in [0.717, 1.165) is 0 Å². The third kappa shape index (κ3) is 2.97. The second-order valence-electron chi connectivity index (χ2n) is 3.59. The van der Waals surface area contributed by atoms with Crippen molar-refractivity contribution in [3.63, 3.8) is 0 Å². The van der Waals surface area contributed by atoms with Crippen molar-refractivity contribution in [1.82, 2.24) is 9.97 Å². The van der Waals surface area contributed by atoms with Crippen molar-refractivity contribution in [1.29, 1.82) is 0 Å². The average Bonchev–Trinajstić information content (AvgIpc) is 2.41. The molecular formula is C12H10ClFN4O. The minimum absolute atomic E-state index is 0.0108. The third-order valence-electron chi connectivity index (χ3n) is 2.34. The number of halogens is 2. The maximum Gasteiger partial charge on any atom is 0.259 e. The van der Waals surface area contributed by atoms with Crippen molar-refractivity contribution in [2.24, 2.45) is 0 Å². The molecule has 2 aromatic rings. The molecule has 2 N–H and O–H groups in total. The number of hydrogen-bond acceptors (Lipinski definition) is 4. The van der Waals surface area contributed by atoms with E-state index in [1.165, 1.54) is 31.6 Å². The van der Waals surface area contributed by atoms with Crippen LogP contribution < -0.4 is 10.6 Å². The van der Waals surface area contributed by atoms with Crippen LogP contribution in [0.1, 0.15) is 10.4 Å². The number of pyridine rings is 2. The van der Waals surface area contributed by atoms with Gasteiger partial charge in [-0.1, -0.05) is 11.6 Å². The molecule has 0 aliphatic carbocycles. The van der Waals surface area contributed by atoms with Crippen LogP contribution >= 0.6 is 11.6 Å². The van der Waals surface area contributed by atoms with Gasteiger partial charge in [0.05, 0.1) is 10.6 Å². The van der Waals surface area contributed by atoms with Crippen molar-refractivity contribution in [3.8, 4) is 0 Å². The molecule has 1 amide bonds. The average molecular weight is 281 g/mol. The lowest BCUT2D eigenvalue weighted by atomic mass is 10.2. The van der Waals surface area contributed by atoms with Crippen LogP contribution in [0.2, 0.25) is 5.02 Å². The number of nitrogens with one attached hydrogen (secondary N) is 2. The highest BCUT2D eigenvalue weighted by Gasteiger charge is 2.15. The van der Waals surface area contributed by atoms with Gasteiger partial charge in [-0.05, 0) is 18.2 Å². The van der Waals surface area contributed by atoms with Crippen LogP contribution in [0.5, 0.6) is 0 Å². The number of hydrogen-bond donors (Lipinski definition) is 2. The summed E-state index contributed by atoms with van der Waals surface area (Å²) in [6.07, 6.45) is 2.73. The van der Waals surface area contributed by atoms with E-state index in [1.807, 2.05) is 0 Å². The summed E-state index contributed by atoms with van der Waals surface area (Å²) in [6.45, 7) is 0. The van der Waals surface area contributed by atoms with Gasteiger partial charge in [0, 0.05) is 19.4 Å². The van der Waals surface area contributed by atoms with E-state index < -0.39 is 11.7 Å². The molecule has 0 aromatic carbocycles. The van der Waals surface area contributed by atoms with Crippen molar-refractivity contribution in [2.45, 2.75) is 0 Å². The molecule has 0 radical (unpaired) electrons. The maximum absolute atomic E-state index is 13.9. The fourth-order valence-corrected chi connectivity index (χ4v) is 1.54. The van der Waals surface area contributed by atoms with Gasteiger partial charge in [-0.15, -0.1) is 0 Å². The molecule has 0 unspecified atom stereocenters. The summed E-state index contributed by atoms with van der Waals surface area (Å²) in [5, 5.41) is 5.49. The number of aromatic nitrogens is 2. The van der Waals surface area contributed by atoms with Gasteiger partial charge in [0.1, 0.15) is 5.82 Å². The molecule has 0 fully saturated rings. The Balaban J connectivity index is 2.23. The molecule has 0 aliphatic rings. The largest absolute Gasteiger partial charge is 0.371 e. The van der Waals surface area contributed by atoms with Gasteiger partial charge >= 0.3 is 0 Å². The Hall–Kier alpha value is -2.21. The second kappa shape index (κ2) is 5.62. The fraction of sp³-hybridized carbons (Fsp3) is 0.0833. The van der Waals surface area contributed by atoms with E-state index in [-0.39, 0.29) is 17.2 Å². The minimum atomic E-state index is -0.712. The first-order valence-corrected chi connectivity index (χ1v) is 5.75. The topological polar surface area (TPSA) is 66.9 Å². The smallest absolute Gasteiger partial charge is 0.259 e. The number of nitrogens with zero attached hydrogens (tertiary/aromatic N) is 2. The summed E-state index contributed by atoms with van der Waals surface area (Å²) in [5.41, 5.74) is -0.115. The predicted molar refractivity (Wildman–Crippen MR) is 70.9 cm³/mol. The Bertz CT molecular complexity index is 603. The molecule has 0 spiro atoms. The quantitative estimate of drug-likeness (QED) is 0.907. The van der Waals surface area contributed by atoms with Crippen molar-refractivity contribution >= 4 is 29.1 Å². The highest BCUT2D eigenvalue weighted by Crippen LogP contribution is 2.16. The van der Waals surface area contributed by atoms with Crippen LogP contribution in [0.25, 0.3) is 0 Å². The van der Waals surface area contributed by atoms with Gasteiger partial charge in [0.2, 0.25) is 0 Å². The van der Waals surface area contributed by atoms with Gasteiger partial charge in [-0.2, -0.15) is 0 Å². The van der Waals surface area contributed by atoms with Crippen LogP contribution in [0.4, 0.5) is 16.0 Å². The Labute approximate surface area is 113 Å². The predicted octanol–water partition coefficient (Wildman–Crippen LogP) is 2.56. The maximum atomic E-state index is 13.9. The lowest BCUT2D eigenvalue weighted by molar-refractivity contribution is 0.102. The first kappa shape index (κ1) is 13.2. The zero-order chi connectivity index (χ0) is 13.8. The molecule has 0 saturated carbocycles.